The van der Waals surface area contributed by atoms with Gasteiger partial charge < -0.3 is 10.5 Å². The van der Waals surface area contributed by atoms with Crippen molar-refractivity contribution in [2.75, 3.05) is 6.54 Å². The maximum atomic E-state index is 10.9. The van der Waals surface area contributed by atoms with Crippen LogP contribution in [0.1, 0.15) is 11.1 Å². The van der Waals surface area contributed by atoms with Crippen molar-refractivity contribution < 1.29 is 5.11 Å². The van der Waals surface area contributed by atoms with E-state index in [0.29, 0.717) is 17.3 Å². The van der Waals surface area contributed by atoms with E-state index < -0.39 is 5.60 Å². The smallest absolute Gasteiger partial charge is 0.152 e. The number of hydrogen-bond acceptors (Lipinski definition) is 3. The summed E-state index contributed by atoms with van der Waals surface area (Å²) in [4.78, 5) is 0. The van der Waals surface area contributed by atoms with E-state index in [1.165, 1.54) is 0 Å². The van der Waals surface area contributed by atoms with E-state index in [9.17, 15) is 5.11 Å². The van der Waals surface area contributed by atoms with Gasteiger partial charge in [0.15, 0.2) is 5.60 Å². The molecule has 96 valence electrons. The van der Waals surface area contributed by atoms with Crippen LogP contribution in [0.4, 0.5) is 0 Å². The summed E-state index contributed by atoms with van der Waals surface area (Å²) in [7, 11) is 0. The van der Waals surface area contributed by atoms with Crippen molar-refractivity contribution in [2.24, 2.45) is 5.10 Å². The molecule has 0 aliphatic carbocycles. The molecule has 1 aliphatic rings. The number of hydrogen-bond donors (Lipinski definition) is 2. The summed E-state index contributed by atoms with van der Waals surface area (Å²) in [5, 5.41) is 15.8. The highest BCUT2D eigenvalue weighted by molar-refractivity contribution is 6.30. The average Bonchev–Trinajstić information content (AvgIpc) is 2.84. The van der Waals surface area contributed by atoms with Crippen LogP contribution in [0.2, 0.25) is 5.02 Å². The molecule has 0 amide bonds. The van der Waals surface area contributed by atoms with Gasteiger partial charge in [-0.2, -0.15) is 5.10 Å². The van der Waals surface area contributed by atoms with Crippen LogP contribution in [0.5, 0.6) is 0 Å². The van der Waals surface area contributed by atoms with Crippen molar-refractivity contribution in [1.29, 1.82) is 0 Å². The third-order valence-corrected chi connectivity index (χ3v) is 3.54. The van der Waals surface area contributed by atoms with E-state index >= 15 is 0 Å². The molecule has 0 bridgehead atoms. The maximum absolute atomic E-state index is 10.9. The molecule has 1 heterocycles. The number of halogens is 1. The van der Waals surface area contributed by atoms with Crippen LogP contribution in [0.25, 0.3) is 0 Å². The topological polar surface area (TPSA) is 44.6 Å². The average molecular weight is 273 g/mol. The molecule has 0 fully saturated rings. The van der Waals surface area contributed by atoms with Gasteiger partial charge >= 0.3 is 0 Å². The van der Waals surface area contributed by atoms with Crippen molar-refractivity contribution in [3.63, 3.8) is 0 Å². The second kappa shape index (κ2) is 4.68. The molecule has 4 heteroatoms. The van der Waals surface area contributed by atoms with Gasteiger partial charge in [-0.05, 0) is 17.7 Å². The Morgan fingerprint density at radius 3 is 2.42 bits per heavy atom. The zero-order valence-corrected chi connectivity index (χ0v) is 10.9. The fourth-order valence-electron chi connectivity index (χ4n) is 2.27. The van der Waals surface area contributed by atoms with E-state index in [-0.39, 0.29) is 0 Å². The maximum Gasteiger partial charge on any atom is 0.152 e. The molecule has 1 aliphatic heterocycles. The minimum Gasteiger partial charge on any atom is -0.377 e. The van der Waals surface area contributed by atoms with Crippen LogP contribution >= 0.6 is 11.6 Å². The lowest BCUT2D eigenvalue weighted by molar-refractivity contribution is 0.123. The Bertz CT molecular complexity index is 610. The lowest BCUT2D eigenvalue weighted by atomic mass is 9.86. The lowest BCUT2D eigenvalue weighted by Crippen LogP contribution is -2.37. The summed E-state index contributed by atoms with van der Waals surface area (Å²) in [6, 6.07) is 16.9. The molecule has 0 aromatic heterocycles. The highest BCUT2D eigenvalue weighted by atomic mass is 35.5. The first-order chi connectivity index (χ1) is 9.20. The summed E-state index contributed by atoms with van der Waals surface area (Å²) >= 11 is 5.89. The zero-order valence-electron chi connectivity index (χ0n) is 10.2. The summed E-state index contributed by atoms with van der Waals surface area (Å²) in [6.45, 7) is 0.370. The highest BCUT2D eigenvalue weighted by Crippen LogP contribution is 2.29. The molecular weight excluding hydrogens is 260 g/mol. The first-order valence-corrected chi connectivity index (χ1v) is 6.43. The van der Waals surface area contributed by atoms with Crippen molar-refractivity contribution >= 4 is 17.3 Å². The van der Waals surface area contributed by atoms with Crippen LogP contribution in [0.3, 0.4) is 0 Å². The summed E-state index contributed by atoms with van der Waals surface area (Å²) in [5.74, 6) is 0. The van der Waals surface area contributed by atoms with E-state index in [0.717, 1.165) is 11.1 Å². The van der Waals surface area contributed by atoms with Crippen molar-refractivity contribution in [1.82, 2.24) is 5.43 Å². The number of benzene rings is 2. The number of β-amino-alcohol motifs (C(OH)–C–C–N with tert-alkyl or cyclic N) is 1. The van der Waals surface area contributed by atoms with Crippen LogP contribution < -0.4 is 5.43 Å². The number of nitrogens with zero attached hydrogens (tertiary/aromatic N) is 1. The molecule has 0 unspecified atom stereocenters. The number of hydrazone groups is 1. The van der Waals surface area contributed by atoms with Crippen LogP contribution in [0, 0.1) is 0 Å². The van der Waals surface area contributed by atoms with Crippen molar-refractivity contribution in [2.45, 2.75) is 5.60 Å². The van der Waals surface area contributed by atoms with Gasteiger partial charge in [-0.25, -0.2) is 0 Å². The minimum absolute atomic E-state index is 0.370. The van der Waals surface area contributed by atoms with Gasteiger partial charge in [0, 0.05) is 10.6 Å². The molecule has 3 nitrogen and oxygen atoms in total. The largest absolute Gasteiger partial charge is 0.377 e. The first kappa shape index (κ1) is 12.2. The van der Waals surface area contributed by atoms with E-state index in [1.807, 2.05) is 42.5 Å². The molecule has 0 spiro atoms. The second-order valence-electron chi connectivity index (χ2n) is 4.53. The first-order valence-electron chi connectivity index (χ1n) is 6.05. The SMILES string of the molecule is O[C@]1(c2ccccc2)CNN=C1c1ccc(Cl)cc1. The summed E-state index contributed by atoms with van der Waals surface area (Å²) in [6.07, 6.45) is 0. The Hall–Kier alpha value is -1.84. The molecule has 2 N–H and O–H groups in total. The molecular formula is C15H13ClN2O. The molecule has 2 aromatic carbocycles. The number of nitrogens with one attached hydrogen (secondary N) is 1. The normalized spacial score (nSPS) is 21.9. The molecule has 0 saturated carbocycles. The van der Waals surface area contributed by atoms with Gasteiger partial charge in [0.2, 0.25) is 0 Å². The Morgan fingerprint density at radius 1 is 1.05 bits per heavy atom. The van der Waals surface area contributed by atoms with Gasteiger partial charge in [-0.1, -0.05) is 54.1 Å². The fourth-order valence-corrected chi connectivity index (χ4v) is 2.40. The highest BCUT2D eigenvalue weighted by Gasteiger charge is 2.39. The lowest BCUT2D eigenvalue weighted by Gasteiger charge is -2.24. The van der Waals surface area contributed by atoms with E-state index in [1.54, 1.807) is 12.1 Å². The minimum atomic E-state index is -1.10. The van der Waals surface area contributed by atoms with Crippen molar-refractivity contribution in [3.8, 4) is 0 Å². The van der Waals surface area contributed by atoms with Crippen LogP contribution in [0.15, 0.2) is 59.7 Å². The predicted molar refractivity (Wildman–Crippen MR) is 76.3 cm³/mol. The van der Waals surface area contributed by atoms with Gasteiger partial charge in [-0.3, -0.25) is 0 Å². The zero-order chi connectivity index (χ0) is 13.3. The number of aliphatic hydroxyl groups is 1. The van der Waals surface area contributed by atoms with E-state index in [2.05, 4.69) is 10.5 Å². The number of rotatable bonds is 2. The summed E-state index contributed by atoms with van der Waals surface area (Å²) < 4.78 is 0. The Labute approximate surface area is 116 Å². The molecule has 0 radical (unpaired) electrons. The second-order valence-corrected chi connectivity index (χ2v) is 4.96. The standard InChI is InChI=1S/C15H13ClN2O/c16-13-8-6-11(7-9-13)14-15(19,10-17-18-14)12-4-2-1-3-5-12/h1-9,17,19H,10H2/t15-/m0/s1. The third-order valence-electron chi connectivity index (χ3n) is 3.29. The van der Waals surface area contributed by atoms with E-state index in [4.69, 9.17) is 11.6 Å². The predicted octanol–water partition coefficient (Wildman–Crippen LogP) is 2.54. The molecule has 0 saturated heterocycles. The van der Waals surface area contributed by atoms with Gasteiger partial charge in [-0.15, -0.1) is 0 Å². The summed E-state index contributed by atoms with van der Waals surface area (Å²) in [5.41, 5.74) is 4.09. The van der Waals surface area contributed by atoms with Crippen LogP contribution in [-0.4, -0.2) is 17.4 Å². The van der Waals surface area contributed by atoms with Gasteiger partial charge in [0.25, 0.3) is 0 Å². The molecule has 2 aromatic rings. The van der Waals surface area contributed by atoms with Gasteiger partial charge in [0.1, 0.15) is 5.71 Å². The Kier molecular flexibility index (Phi) is 3.01. The van der Waals surface area contributed by atoms with Crippen molar-refractivity contribution in [3.05, 3.63) is 70.7 Å². The third kappa shape index (κ3) is 2.11. The van der Waals surface area contributed by atoms with Crippen LogP contribution in [-0.2, 0) is 5.60 Å². The Morgan fingerprint density at radius 2 is 1.74 bits per heavy atom. The molecule has 1 atom stereocenters. The fraction of sp³-hybridized carbons (Fsp3) is 0.133. The van der Waals surface area contributed by atoms with Gasteiger partial charge in [0.05, 0.1) is 6.54 Å². The molecule has 3 rings (SSSR count). The Balaban J connectivity index is 2.04. The quantitative estimate of drug-likeness (QED) is 0.882. The monoisotopic (exact) mass is 272 g/mol. The molecule has 19 heavy (non-hydrogen) atoms.